The molecule has 0 saturated carbocycles. The van der Waals surface area contributed by atoms with E-state index in [1.807, 2.05) is 18.2 Å². The summed E-state index contributed by atoms with van der Waals surface area (Å²) in [5.74, 6) is -0.748. The van der Waals surface area contributed by atoms with Crippen LogP contribution in [0.1, 0.15) is 22.5 Å². The average Bonchev–Trinajstić information content (AvgIpc) is 3.25. The van der Waals surface area contributed by atoms with E-state index in [4.69, 9.17) is 4.42 Å². The maximum atomic E-state index is 11.8. The Morgan fingerprint density at radius 1 is 1.17 bits per heavy atom. The van der Waals surface area contributed by atoms with Gasteiger partial charge in [0.1, 0.15) is 0 Å². The number of amides is 1. The van der Waals surface area contributed by atoms with Gasteiger partial charge in [-0.2, -0.15) is 0 Å². The van der Waals surface area contributed by atoms with Crippen molar-refractivity contribution in [3.05, 3.63) is 60.1 Å². The molecular formula is C18H20N2O3. The van der Waals surface area contributed by atoms with Crippen molar-refractivity contribution in [2.45, 2.75) is 13.0 Å². The Balaban J connectivity index is 1.43. The predicted octanol–water partition coefficient (Wildman–Crippen LogP) is 2.10. The van der Waals surface area contributed by atoms with E-state index in [0.29, 0.717) is 12.5 Å². The number of furan rings is 1. The molecule has 5 nitrogen and oxygen atoms in total. The van der Waals surface area contributed by atoms with Crippen molar-refractivity contribution in [3.8, 4) is 0 Å². The van der Waals surface area contributed by atoms with Gasteiger partial charge in [0.05, 0.1) is 6.26 Å². The van der Waals surface area contributed by atoms with Gasteiger partial charge in [-0.25, -0.2) is 0 Å². The van der Waals surface area contributed by atoms with Crippen LogP contribution in [0.5, 0.6) is 0 Å². The van der Waals surface area contributed by atoms with Crippen LogP contribution < -0.4 is 5.32 Å². The molecule has 1 amide bonds. The van der Waals surface area contributed by atoms with Crippen LogP contribution in [0.4, 0.5) is 0 Å². The molecule has 0 radical (unpaired) electrons. The summed E-state index contributed by atoms with van der Waals surface area (Å²) in [5.41, 5.74) is 1.30. The van der Waals surface area contributed by atoms with Gasteiger partial charge in [-0.05, 0) is 36.6 Å². The quantitative estimate of drug-likeness (QED) is 0.655. The Hall–Kier alpha value is -2.40. The zero-order valence-electron chi connectivity index (χ0n) is 12.9. The maximum Gasteiger partial charge on any atom is 0.295 e. The van der Waals surface area contributed by atoms with Crippen molar-refractivity contribution < 1.29 is 14.0 Å². The molecule has 1 aromatic heterocycles. The van der Waals surface area contributed by atoms with Crippen LogP contribution in [0.3, 0.4) is 0 Å². The molecule has 0 spiro atoms. The first-order chi connectivity index (χ1) is 11.2. The van der Waals surface area contributed by atoms with E-state index in [9.17, 15) is 9.59 Å². The Bertz CT molecular complexity index is 652. The van der Waals surface area contributed by atoms with E-state index in [0.717, 1.165) is 26.1 Å². The van der Waals surface area contributed by atoms with Gasteiger partial charge in [0.2, 0.25) is 0 Å². The minimum absolute atomic E-state index is 0.0830. The minimum atomic E-state index is -0.617. The van der Waals surface area contributed by atoms with Crippen molar-refractivity contribution in [1.82, 2.24) is 10.2 Å². The number of Topliss-reactive ketones (excluding diaryl/α,β-unsaturated/α-hetero) is 1. The summed E-state index contributed by atoms with van der Waals surface area (Å²) >= 11 is 0. The highest BCUT2D eigenvalue weighted by Gasteiger charge is 2.25. The first-order valence-corrected chi connectivity index (χ1v) is 7.84. The molecule has 3 rings (SSSR count). The molecule has 1 N–H and O–H groups in total. The first kappa shape index (κ1) is 15.5. The third-order valence-corrected chi connectivity index (χ3v) is 4.12. The molecule has 1 aromatic carbocycles. The lowest BCUT2D eigenvalue weighted by atomic mass is 10.1. The SMILES string of the molecule is O=C(NCC1CCN(Cc2ccccc2)C1)C(=O)c1ccco1. The van der Waals surface area contributed by atoms with Crippen molar-refractivity contribution in [2.75, 3.05) is 19.6 Å². The predicted molar refractivity (Wildman–Crippen MR) is 85.9 cm³/mol. The summed E-state index contributed by atoms with van der Waals surface area (Å²) in [7, 11) is 0. The molecule has 1 saturated heterocycles. The molecule has 2 aromatic rings. The lowest BCUT2D eigenvalue weighted by Crippen LogP contribution is -2.35. The monoisotopic (exact) mass is 312 g/mol. The number of rotatable bonds is 6. The first-order valence-electron chi connectivity index (χ1n) is 7.84. The second kappa shape index (κ2) is 7.24. The molecule has 1 fully saturated rings. The number of nitrogens with one attached hydrogen (secondary N) is 1. The molecule has 5 heteroatoms. The third kappa shape index (κ3) is 4.07. The van der Waals surface area contributed by atoms with Crippen LogP contribution in [0, 0.1) is 5.92 Å². The second-order valence-corrected chi connectivity index (χ2v) is 5.89. The second-order valence-electron chi connectivity index (χ2n) is 5.89. The van der Waals surface area contributed by atoms with Gasteiger partial charge < -0.3 is 9.73 Å². The van der Waals surface area contributed by atoms with Gasteiger partial charge in [-0.15, -0.1) is 0 Å². The molecule has 0 bridgehead atoms. The number of carbonyl (C=O) groups is 2. The number of likely N-dealkylation sites (tertiary alicyclic amines) is 1. The number of carbonyl (C=O) groups excluding carboxylic acids is 2. The lowest BCUT2D eigenvalue weighted by molar-refractivity contribution is -0.117. The van der Waals surface area contributed by atoms with Crippen LogP contribution in [0.15, 0.2) is 53.1 Å². The standard InChI is InChI=1S/C18H20N2O3/c21-17(16-7-4-10-23-16)18(22)19-11-15-8-9-20(13-15)12-14-5-2-1-3-6-14/h1-7,10,15H,8-9,11-13H2,(H,19,22). The highest BCUT2D eigenvalue weighted by atomic mass is 16.3. The van der Waals surface area contributed by atoms with Crippen LogP contribution in [0.25, 0.3) is 0 Å². The number of ketones is 1. The fourth-order valence-corrected chi connectivity index (χ4v) is 2.90. The minimum Gasteiger partial charge on any atom is -0.461 e. The van der Waals surface area contributed by atoms with Crippen LogP contribution in [-0.2, 0) is 11.3 Å². The van der Waals surface area contributed by atoms with Crippen molar-refractivity contribution in [3.63, 3.8) is 0 Å². The molecule has 120 valence electrons. The summed E-state index contributed by atoms with van der Waals surface area (Å²) in [6.45, 7) is 3.40. The number of hydrogen-bond acceptors (Lipinski definition) is 4. The van der Waals surface area contributed by atoms with Gasteiger partial charge in [0, 0.05) is 19.6 Å². The number of benzene rings is 1. The maximum absolute atomic E-state index is 11.8. The molecule has 1 unspecified atom stereocenters. The van der Waals surface area contributed by atoms with Gasteiger partial charge in [0.25, 0.3) is 11.7 Å². The van der Waals surface area contributed by atoms with E-state index in [2.05, 4.69) is 22.3 Å². The van der Waals surface area contributed by atoms with Crippen LogP contribution in [0.2, 0.25) is 0 Å². The molecular weight excluding hydrogens is 292 g/mol. The van der Waals surface area contributed by atoms with Crippen LogP contribution in [-0.4, -0.2) is 36.2 Å². The Morgan fingerprint density at radius 3 is 2.74 bits per heavy atom. The largest absolute Gasteiger partial charge is 0.461 e. The van der Waals surface area contributed by atoms with Gasteiger partial charge in [-0.1, -0.05) is 30.3 Å². The normalized spacial score (nSPS) is 18.0. The van der Waals surface area contributed by atoms with E-state index < -0.39 is 11.7 Å². The number of nitrogens with zero attached hydrogens (tertiary/aromatic N) is 1. The summed E-state index contributed by atoms with van der Waals surface area (Å²) in [6, 6.07) is 13.4. The highest BCUT2D eigenvalue weighted by Crippen LogP contribution is 2.18. The fraction of sp³-hybridized carbons (Fsp3) is 0.333. The summed E-state index contributed by atoms with van der Waals surface area (Å²) in [4.78, 5) is 26.0. The molecule has 1 aliphatic heterocycles. The summed E-state index contributed by atoms with van der Waals surface area (Å²) in [5, 5.41) is 2.72. The number of hydrogen-bond donors (Lipinski definition) is 1. The van der Waals surface area contributed by atoms with Crippen molar-refractivity contribution in [2.24, 2.45) is 5.92 Å². The lowest BCUT2D eigenvalue weighted by Gasteiger charge is -2.16. The Morgan fingerprint density at radius 2 is 2.00 bits per heavy atom. The zero-order valence-corrected chi connectivity index (χ0v) is 12.9. The van der Waals surface area contributed by atoms with Gasteiger partial charge >= 0.3 is 0 Å². The van der Waals surface area contributed by atoms with Gasteiger partial charge in [-0.3, -0.25) is 14.5 Å². The summed E-state index contributed by atoms with van der Waals surface area (Å²) in [6.07, 6.45) is 2.42. The Kier molecular flexibility index (Phi) is 4.88. The van der Waals surface area contributed by atoms with E-state index in [-0.39, 0.29) is 5.76 Å². The van der Waals surface area contributed by atoms with Gasteiger partial charge in [0.15, 0.2) is 5.76 Å². The molecule has 1 aliphatic rings. The molecule has 2 heterocycles. The molecule has 1 atom stereocenters. The highest BCUT2D eigenvalue weighted by molar-refractivity contribution is 6.42. The van der Waals surface area contributed by atoms with E-state index in [1.54, 1.807) is 6.07 Å². The Labute approximate surface area is 135 Å². The fourth-order valence-electron chi connectivity index (χ4n) is 2.90. The average molecular weight is 312 g/mol. The third-order valence-electron chi connectivity index (χ3n) is 4.12. The van der Waals surface area contributed by atoms with Crippen LogP contribution >= 0.6 is 0 Å². The van der Waals surface area contributed by atoms with E-state index in [1.165, 1.54) is 17.9 Å². The van der Waals surface area contributed by atoms with Crippen molar-refractivity contribution in [1.29, 1.82) is 0 Å². The summed E-state index contributed by atoms with van der Waals surface area (Å²) < 4.78 is 4.95. The molecule has 0 aliphatic carbocycles. The molecule has 23 heavy (non-hydrogen) atoms. The topological polar surface area (TPSA) is 62.6 Å². The smallest absolute Gasteiger partial charge is 0.295 e. The van der Waals surface area contributed by atoms with E-state index >= 15 is 0 Å². The van der Waals surface area contributed by atoms with Crippen molar-refractivity contribution >= 4 is 11.7 Å². The zero-order chi connectivity index (χ0) is 16.1.